The minimum absolute atomic E-state index is 0.0474. The summed E-state index contributed by atoms with van der Waals surface area (Å²) < 4.78 is 0. The van der Waals surface area contributed by atoms with E-state index in [1.165, 1.54) is 12.1 Å². The molecule has 0 aliphatic carbocycles. The number of para-hydroxylation sites is 1. The van der Waals surface area contributed by atoms with Gasteiger partial charge in [0.25, 0.3) is 11.6 Å². The Morgan fingerprint density at radius 1 is 1.22 bits per heavy atom. The first kappa shape index (κ1) is 20.7. The number of carbonyl (C=O) groups excluding carboxylic acids is 2. The zero-order valence-corrected chi connectivity index (χ0v) is 16.0. The monoisotopic (exact) mass is 407 g/mol. The molecular weight excluding hydrogens is 390 g/mol. The van der Waals surface area contributed by atoms with Gasteiger partial charge in [-0.3, -0.25) is 19.7 Å². The molecular formula is C18H18ClN3O4S. The first-order valence-electron chi connectivity index (χ1n) is 8.02. The summed E-state index contributed by atoms with van der Waals surface area (Å²) in [5.74, 6) is -0.243. The van der Waals surface area contributed by atoms with Crippen molar-refractivity contribution in [2.75, 3.05) is 17.3 Å². The molecule has 7 nitrogen and oxygen atoms in total. The van der Waals surface area contributed by atoms with E-state index in [0.717, 1.165) is 6.07 Å². The molecule has 2 amide bonds. The number of hydrogen-bond acceptors (Lipinski definition) is 5. The van der Waals surface area contributed by atoms with Crippen molar-refractivity contribution in [3.63, 3.8) is 0 Å². The predicted octanol–water partition coefficient (Wildman–Crippen LogP) is 3.74. The van der Waals surface area contributed by atoms with Crippen LogP contribution in [0.3, 0.4) is 0 Å². The summed E-state index contributed by atoms with van der Waals surface area (Å²) in [6.45, 7) is 0. The maximum absolute atomic E-state index is 12.6. The molecule has 0 fully saturated rings. The van der Waals surface area contributed by atoms with Gasteiger partial charge in [0.1, 0.15) is 6.04 Å². The first-order valence-corrected chi connectivity index (χ1v) is 9.79. The van der Waals surface area contributed by atoms with Crippen LogP contribution in [0.25, 0.3) is 0 Å². The van der Waals surface area contributed by atoms with Crippen LogP contribution in [0.4, 0.5) is 11.4 Å². The minimum atomic E-state index is -0.767. The van der Waals surface area contributed by atoms with E-state index in [9.17, 15) is 19.7 Å². The molecule has 27 heavy (non-hydrogen) atoms. The molecule has 142 valence electrons. The molecule has 0 spiro atoms. The number of nitrogens with zero attached hydrogens (tertiary/aromatic N) is 1. The van der Waals surface area contributed by atoms with Crippen LogP contribution >= 0.6 is 23.4 Å². The van der Waals surface area contributed by atoms with Gasteiger partial charge in [-0.1, -0.05) is 29.8 Å². The Kier molecular flexibility index (Phi) is 7.63. The van der Waals surface area contributed by atoms with Gasteiger partial charge >= 0.3 is 0 Å². The van der Waals surface area contributed by atoms with Gasteiger partial charge in [-0.25, -0.2) is 0 Å². The Labute approximate surface area is 165 Å². The Hall–Kier alpha value is -2.58. The van der Waals surface area contributed by atoms with Crippen LogP contribution in [-0.2, 0) is 4.79 Å². The Morgan fingerprint density at radius 3 is 2.52 bits per heavy atom. The average molecular weight is 408 g/mol. The van der Waals surface area contributed by atoms with Gasteiger partial charge in [0.05, 0.1) is 15.5 Å². The number of benzene rings is 2. The van der Waals surface area contributed by atoms with Crippen molar-refractivity contribution in [1.82, 2.24) is 5.32 Å². The number of non-ortho nitro benzene ring substituents is 1. The number of nitrogens with one attached hydrogen (secondary N) is 2. The summed E-state index contributed by atoms with van der Waals surface area (Å²) in [7, 11) is 0. The lowest BCUT2D eigenvalue weighted by Gasteiger charge is -2.18. The molecule has 2 N–H and O–H groups in total. The van der Waals surface area contributed by atoms with Crippen molar-refractivity contribution in [2.45, 2.75) is 12.5 Å². The quantitative estimate of drug-likeness (QED) is 0.512. The second kappa shape index (κ2) is 9.94. The Morgan fingerprint density at radius 2 is 1.93 bits per heavy atom. The lowest BCUT2D eigenvalue weighted by molar-refractivity contribution is -0.384. The lowest BCUT2D eigenvalue weighted by atomic mass is 10.1. The van der Waals surface area contributed by atoms with Crippen molar-refractivity contribution >= 4 is 46.6 Å². The fraction of sp³-hybridized carbons (Fsp3) is 0.222. The molecule has 0 aliphatic heterocycles. The van der Waals surface area contributed by atoms with E-state index in [1.807, 2.05) is 12.3 Å². The average Bonchev–Trinajstić information content (AvgIpc) is 2.65. The number of nitro groups is 1. The maximum atomic E-state index is 12.6. The SMILES string of the molecule is CSCC[C@H](NC(=O)c1ccc([N+](=O)[O-])cc1Cl)C(=O)Nc1ccccc1. The third-order valence-corrected chi connectivity index (χ3v) is 4.64. The number of carbonyl (C=O) groups is 2. The van der Waals surface area contributed by atoms with Crippen LogP contribution in [0.5, 0.6) is 0 Å². The summed E-state index contributed by atoms with van der Waals surface area (Å²) in [6.07, 6.45) is 2.33. The van der Waals surface area contributed by atoms with E-state index in [0.29, 0.717) is 17.9 Å². The standard InChI is InChI=1S/C18H18ClN3O4S/c1-27-10-9-16(18(24)20-12-5-3-2-4-6-12)21-17(23)14-8-7-13(22(25)26)11-15(14)19/h2-8,11,16H,9-10H2,1H3,(H,20,24)(H,21,23)/t16-/m0/s1. The fourth-order valence-electron chi connectivity index (χ4n) is 2.29. The first-order chi connectivity index (χ1) is 12.9. The molecule has 9 heteroatoms. The highest BCUT2D eigenvalue weighted by atomic mass is 35.5. The smallest absolute Gasteiger partial charge is 0.270 e. The summed E-state index contributed by atoms with van der Waals surface area (Å²) in [5, 5.41) is 16.2. The van der Waals surface area contributed by atoms with Crippen molar-refractivity contribution in [2.24, 2.45) is 0 Å². The van der Waals surface area contributed by atoms with Gasteiger partial charge in [0, 0.05) is 17.8 Å². The third kappa shape index (κ3) is 5.97. The summed E-state index contributed by atoms with van der Waals surface area (Å²) in [5.41, 5.74) is 0.487. The van der Waals surface area contributed by atoms with Crippen molar-refractivity contribution in [3.05, 3.63) is 69.2 Å². The van der Waals surface area contributed by atoms with Crippen LogP contribution in [0.2, 0.25) is 5.02 Å². The molecule has 2 rings (SSSR count). The topological polar surface area (TPSA) is 101 Å². The summed E-state index contributed by atoms with van der Waals surface area (Å²) >= 11 is 7.55. The number of anilines is 1. The molecule has 0 heterocycles. The van der Waals surface area contributed by atoms with Crippen LogP contribution in [0, 0.1) is 10.1 Å². The highest BCUT2D eigenvalue weighted by Gasteiger charge is 2.23. The molecule has 0 radical (unpaired) electrons. The fourth-order valence-corrected chi connectivity index (χ4v) is 3.03. The minimum Gasteiger partial charge on any atom is -0.340 e. The molecule has 0 unspecified atom stereocenters. The van der Waals surface area contributed by atoms with E-state index in [-0.39, 0.29) is 22.2 Å². The van der Waals surface area contributed by atoms with Crippen molar-refractivity contribution in [1.29, 1.82) is 0 Å². The number of halogens is 1. The van der Waals surface area contributed by atoms with E-state index < -0.39 is 16.9 Å². The second-order valence-electron chi connectivity index (χ2n) is 5.58. The molecule has 0 bridgehead atoms. The normalized spacial score (nSPS) is 11.5. The number of thioether (sulfide) groups is 1. The van der Waals surface area contributed by atoms with Crippen LogP contribution in [-0.4, -0.2) is 34.8 Å². The Bertz CT molecular complexity index is 833. The summed E-state index contributed by atoms with van der Waals surface area (Å²) in [6, 6.07) is 11.7. The van der Waals surface area contributed by atoms with Crippen molar-refractivity contribution in [3.8, 4) is 0 Å². The third-order valence-electron chi connectivity index (χ3n) is 3.68. The van der Waals surface area contributed by atoms with Gasteiger partial charge in [-0.05, 0) is 36.6 Å². The van der Waals surface area contributed by atoms with Crippen molar-refractivity contribution < 1.29 is 14.5 Å². The van der Waals surface area contributed by atoms with Crippen LogP contribution < -0.4 is 10.6 Å². The van der Waals surface area contributed by atoms with Crippen LogP contribution in [0.15, 0.2) is 48.5 Å². The highest BCUT2D eigenvalue weighted by molar-refractivity contribution is 7.98. The zero-order valence-electron chi connectivity index (χ0n) is 14.5. The second-order valence-corrected chi connectivity index (χ2v) is 6.98. The van der Waals surface area contributed by atoms with Gasteiger partial charge in [0.15, 0.2) is 0 Å². The zero-order chi connectivity index (χ0) is 19.8. The van der Waals surface area contributed by atoms with Crippen LogP contribution in [0.1, 0.15) is 16.8 Å². The predicted molar refractivity (Wildman–Crippen MR) is 107 cm³/mol. The lowest BCUT2D eigenvalue weighted by Crippen LogP contribution is -2.44. The molecule has 0 aliphatic rings. The van der Waals surface area contributed by atoms with E-state index in [2.05, 4.69) is 10.6 Å². The number of nitro benzene ring substituents is 1. The molecule has 1 atom stereocenters. The highest BCUT2D eigenvalue weighted by Crippen LogP contribution is 2.22. The van der Waals surface area contributed by atoms with Gasteiger partial charge < -0.3 is 10.6 Å². The summed E-state index contributed by atoms with van der Waals surface area (Å²) in [4.78, 5) is 35.3. The number of amides is 2. The number of hydrogen-bond donors (Lipinski definition) is 2. The maximum Gasteiger partial charge on any atom is 0.270 e. The van der Waals surface area contributed by atoms with E-state index in [1.54, 1.807) is 36.0 Å². The molecule has 0 saturated heterocycles. The molecule has 2 aromatic rings. The largest absolute Gasteiger partial charge is 0.340 e. The van der Waals surface area contributed by atoms with Gasteiger partial charge in [-0.2, -0.15) is 11.8 Å². The van der Waals surface area contributed by atoms with E-state index in [4.69, 9.17) is 11.6 Å². The Balaban J connectivity index is 2.13. The molecule has 2 aromatic carbocycles. The van der Waals surface area contributed by atoms with Gasteiger partial charge in [-0.15, -0.1) is 0 Å². The van der Waals surface area contributed by atoms with E-state index >= 15 is 0 Å². The van der Waals surface area contributed by atoms with Gasteiger partial charge in [0.2, 0.25) is 5.91 Å². The molecule has 0 saturated carbocycles. The number of rotatable bonds is 8. The molecule has 0 aromatic heterocycles.